The fourth-order valence-corrected chi connectivity index (χ4v) is 8.23. The van der Waals surface area contributed by atoms with Crippen molar-refractivity contribution >= 4 is 23.5 Å². The van der Waals surface area contributed by atoms with Crippen LogP contribution in [0, 0.1) is 34.0 Å². The highest BCUT2D eigenvalue weighted by atomic mass is 16.6. The topological polar surface area (TPSA) is 140 Å². The van der Waals surface area contributed by atoms with Crippen LogP contribution in [0.15, 0.2) is 23.0 Å². The predicted molar refractivity (Wildman–Crippen MR) is 123 cm³/mol. The first-order valence-corrected chi connectivity index (χ1v) is 12.5. The molecule has 0 amide bonds. The molecule has 2 heterocycles. The minimum Gasteiger partial charge on any atom is -0.472 e. The molecule has 9 nitrogen and oxygen atoms in total. The number of Topliss-reactive ketones (excluding diaryl/α,β-unsaturated/α-hetero) is 2. The van der Waals surface area contributed by atoms with Crippen molar-refractivity contribution in [3.63, 3.8) is 0 Å². The maximum Gasteiger partial charge on any atom is 0.309 e. The van der Waals surface area contributed by atoms with Crippen LogP contribution in [0.5, 0.6) is 0 Å². The molecule has 9 heteroatoms. The van der Waals surface area contributed by atoms with Gasteiger partial charge in [-0.25, -0.2) is 0 Å². The van der Waals surface area contributed by atoms with Crippen molar-refractivity contribution in [2.24, 2.45) is 34.0 Å². The first-order chi connectivity index (χ1) is 16.7. The van der Waals surface area contributed by atoms with Crippen LogP contribution >= 0.6 is 0 Å². The first kappa shape index (κ1) is 25.1. The van der Waals surface area contributed by atoms with E-state index in [1.165, 1.54) is 19.6 Å². The van der Waals surface area contributed by atoms with Crippen molar-refractivity contribution in [3.05, 3.63) is 24.2 Å². The van der Waals surface area contributed by atoms with Crippen LogP contribution < -0.4 is 0 Å². The van der Waals surface area contributed by atoms with E-state index in [9.17, 15) is 29.4 Å². The number of carbonyl (C=O) groups excluding carboxylic acids is 4. The Kier molecular flexibility index (Phi) is 5.24. The number of hydrogen-bond acceptors (Lipinski definition) is 9. The minimum absolute atomic E-state index is 0.0225. The average molecular weight is 503 g/mol. The molecule has 5 rings (SSSR count). The van der Waals surface area contributed by atoms with Gasteiger partial charge in [-0.2, -0.15) is 0 Å². The zero-order valence-electron chi connectivity index (χ0n) is 21.3. The molecule has 1 aromatic heterocycles. The highest BCUT2D eigenvalue weighted by Crippen LogP contribution is 2.70. The summed E-state index contributed by atoms with van der Waals surface area (Å²) in [7, 11) is 1.26. The van der Waals surface area contributed by atoms with E-state index in [1.54, 1.807) is 26.8 Å². The molecular formula is C27H34O9. The molecule has 0 spiro atoms. The molecule has 196 valence electrons. The van der Waals surface area contributed by atoms with Crippen LogP contribution in [0.3, 0.4) is 0 Å². The summed E-state index contributed by atoms with van der Waals surface area (Å²) in [5.41, 5.74) is -6.30. The summed E-state index contributed by atoms with van der Waals surface area (Å²) >= 11 is 0. The molecule has 4 aliphatic rings. The van der Waals surface area contributed by atoms with Crippen LogP contribution in [0.1, 0.15) is 71.5 Å². The molecule has 2 bridgehead atoms. The monoisotopic (exact) mass is 502 g/mol. The normalized spacial score (nSPS) is 45.4. The summed E-state index contributed by atoms with van der Waals surface area (Å²) < 4.78 is 15.8. The van der Waals surface area contributed by atoms with Gasteiger partial charge in [0.1, 0.15) is 12.0 Å². The lowest BCUT2D eigenvalue weighted by atomic mass is 9.37. The SMILES string of the molecule is COC(=O)C[C@H]1C(C)(C)C(=O)[C@@H]2C(=O)[C@@]1(C)C[C@H]1[C@@]2(O)CC[C@@]2(C)[C@H](c3ccoc3)OC(=O)C[C@]12O. The Balaban J connectivity index is 1.67. The van der Waals surface area contributed by atoms with Crippen LogP contribution in [0.2, 0.25) is 0 Å². The second-order valence-corrected chi connectivity index (χ2v) is 12.3. The number of furan rings is 1. The summed E-state index contributed by atoms with van der Waals surface area (Å²) in [6.07, 6.45) is 1.91. The number of carbonyl (C=O) groups is 4. The Morgan fingerprint density at radius 3 is 2.42 bits per heavy atom. The van der Waals surface area contributed by atoms with E-state index in [2.05, 4.69) is 0 Å². The molecule has 0 unspecified atom stereocenters. The van der Waals surface area contributed by atoms with Gasteiger partial charge < -0.3 is 24.1 Å². The maximum atomic E-state index is 13.9. The largest absolute Gasteiger partial charge is 0.472 e. The Bertz CT molecular complexity index is 1130. The molecule has 1 aromatic rings. The van der Waals surface area contributed by atoms with Crippen molar-refractivity contribution in [2.75, 3.05) is 7.11 Å². The molecule has 36 heavy (non-hydrogen) atoms. The number of methoxy groups -OCH3 is 1. The van der Waals surface area contributed by atoms with Crippen LogP contribution in [-0.4, -0.2) is 52.0 Å². The van der Waals surface area contributed by atoms with E-state index in [4.69, 9.17) is 13.9 Å². The minimum atomic E-state index is -1.83. The van der Waals surface area contributed by atoms with E-state index in [0.29, 0.717) is 5.56 Å². The third-order valence-electron chi connectivity index (χ3n) is 10.4. The lowest BCUT2D eigenvalue weighted by Gasteiger charge is -2.68. The number of hydrogen-bond donors (Lipinski definition) is 2. The zero-order chi connectivity index (χ0) is 26.5. The van der Waals surface area contributed by atoms with Gasteiger partial charge in [0.2, 0.25) is 0 Å². The second-order valence-electron chi connectivity index (χ2n) is 12.3. The number of fused-ring (bicyclic) bond motifs is 6. The number of aliphatic hydroxyl groups is 2. The molecule has 0 radical (unpaired) electrons. The van der Waals surface area contributed by atoms with Gasteiger partial charge in [0.25, 0.3) is 0 Å². The Hall–Kier alpha value is -2.52. The van der Waals surface area contributed by atoms with Crippen molar-refractivity contribution in [3.8, 4) is 0 Å². The summed E-state index contributed by atoms with van der Waals surface area (Å²) in [6, 6.07) is 1.68. The third kappa shape index (κ3) is 2.90. The van der Waals surface area contributed by atoms with Gasteiger partial charge in [0.15, 0.2) is 11.6 Å². The van der Waals surface area contributed by atoms with E-state index in [-0.39, 0.29) is 32.1 Å². The summed E-state index contributed by atoms with van der Waals surface area (Å²) in [4.78, 5) is 53.0. The fourth-order valence-electron chi connectivity index (χ4n) is 8.23. The number of esters is 2. The quantitative estimate of drug-likeness (QED) is 0.471. The highest BCUT2D eigenvalue weighted by Gasteiger charge is 2.78. The van der Waals surface area contributed by atoms with E-state index >= 15 is 0 Å². The average Bonchev–Trinajstić information content (AvgIpc) is 3.34. The summed E-state index contributed by atoms with van der Waals surface area (Å²) in [5, 5.41) is 24.6. The third-order valence-corrected chi connectivity index (χ3v) is 10.4. The standard InChI is InChI=1S/C27H34O9/c1-23(2)15(10-17(28)34-5)24(3)11-16-26(32,19(20(23)30)21(24)31)8-7-25(4)22(14-6-9-35-13-14)36-18(29)12-27(16,25)33/h6,9,13,15-16,19,22,32-33H,7-8,10-12H2,1-5H3/t15-,16-,19+,22-,24-,25-,26-,27-/m0/s1. The first-order valence-electron chi connectivity index (χ1n) is 12.5. The second kappa shape index (κ2) is 7.51. The number of rotatable bonds is 3. The lowest BCUT2D eigenvalue weighted by molar-refractivity contribution is -0.297. The van der Waals surface area contributed by atoms with Crippen LogP contribution in [-0.2, 0) is 28.7 Å². The van der Waals surface area contributed by atoms with Gasteiger partial charge >= 0.3 is 11.9 Å². The molecule has 2 N–H and O–H groups in total. The summed E-state index contributed by atoms with van der Waals surface area (Å²) in [6.45, 7) is 6.95. The molecule has 4 fully saturated rings. The maximum absolute atomic E-state index is 13.9. The van der Waals surface area contributed by atoms with Crippen molar-refractivity contribution in [1.82, 2.24) is 0 Å². The van der Waals surface area contributed by atoms with Crippen molar-refractivity contribution in [1.29, 1.82) is 0 Å². The molecule has 0 aromatic carbocycles. The lowest BCUT2D eigenvalue weighted by Crippen LogP contribution is -2.78. The molecule has 1 saturated heterocycles. The number of ether oxygens (including phenoxy) is 2. The Morgan fingerprint density at radius 1 is 1.11 bits per heavy atom. The highest BCUT2D eigenvalue weighted by molar-refractivity contribution is 6.12. The van der Waals surface area contributed by atoms with Gasteiger partial charge in [-0.15, -0.1) is 0 Å². The smallest absolute Gasteiger partial charge is 0.309 e. The van der Waals surface area contributed by atoms with Gasteiger partial charge in [-0.05, 0) is 31.2 Å². The molecule has 3 aliphatic carbocycles. The number of ketones is 2. The van der Waals surface area contributed by atoms with Crippen molar-refractivity contribution < 1.29 is 43.3 Å². The number of cyclic esters (lactones) is 1. The van der Waals surface area contributed by atoms with Crippen molar-refractivity contribution in [2.45, 2.75) is 77.1 Å². The molecular weight excluding hydrogens is 468 g/mol. The Morgan fingerprint density at radius 2 is 1.81 bits per heavy atom. The van der Waals surface area contributed by atoms with E-state index < -0.39 is 74.8 Å². The van der Waals surface area contributed by atoms with Gasteiger partial charge in [0, 0.05) is 27.7 Å². The van der Waals surface area contributed by atoms with E-state index in [0.717, 1.165) is 0 Å². The van der Waals surface area contributed by atoms with Crippen LogP contribution in [0.25, 0.3) is 0 Å². The van der Waals surface area contributed by atoms with Crippen LogP contribution in [0.4, 0.5) is 0 Å². The molecule has 8 atom stereocenters. The predicted octanol–water partition coefficient (Wildman–Crippen LogP) is 2.53. The fraction of sp³-hybridized carbons (Fsp3) is 0.704. The Labute approximate surface area is 209 Å². The molecule has 3 saturated carbocycles. The van der Waals surface area contributed by atoms with Gasteiger partial charge in [-0.3, -0.25) is 19.2 Å². The van der Waals surface area contributed by atoms with Gasteiger partial charge in [0.05, 0.1) is 43.7 Å². The van der Waals surface area contributed by atoms with Gasteiger partial charge in [-0.1, -0.05) is 27.7 Å². The summed E-state index contributed by atoms with van der Waals surface area (Å²) in [5.74, 6) is -5.05. The molecule has 1 aliphatic heterocycles. The van der Waals surface area contributed by atoms with E-state index in [1.807, 2.05) is 6.92 Å². The zero-order valence-corrected chi connectivity index (χ0v) is 21.3.